The molecule has 0 aliphatic heterocycles. The molecule has 0 aliphatic rings. The first-order chi connectivity index (χ1) is 9.70. The minimum Gasteiger partial charge on any atom is -0.308 e. The van der Waals surface area contributed by atoms with Crippen LogP contribution < -0.4 is 5.32 Å². The Hall–Kier alpha value is -1.45. The van der Waals surface area contributed by atoms with Gasteiger partial charge in [-0.05, 0) is 24.1 Å². The van der Waals surface area contributed by atoms with Crippen LogP contribution in [0.15, 0.2) is 48.5 Å². The normalized spacial score (nSPS) is 12.3. The lowest BCUT2D eigenvalue weighted by Crippen LogP contribution is -2.32. The lowest BCUT2D eigenvalue weighted by atomic mass is 10.1. The van der Waals surface area contributed by atoms with Crippen LogP contribution in [0.2, 0.25) is 0 Å². The molecular weight excluding hydrogens is 280 g/mol. The summed E-state index contributed by atoms with van der Waals surface area (Å²) in [4.78, 5) is 0. The molecule has 106 valence electrons. The van der Waals surface area contributed by atoms with Crippen LogP contribution in [-0.2, 0) is 13.0 Å². The van der Waals surface area contributed by atoms with E-state index < -0.39 is 11.6 Å². The van der Waals surface area contributed by atoms with Gasteiger partial charge in [0.05, 0.1) is 0 Å². The first-order valence-electron chi connectivity index (χ1n) is 6.47. The Balaban J connectivity index is 1.97. The summed E-state index contributed by atoms with van der Waals surface area (Å²) in [6, 6.07) is 13.7. The highest BCUT2D eigenvalue weighted by Gasteiger charge is 2.12. The van der Waals surface area contributed by atoms with Gasteiger partial charge in [0.1, 0.15) is 11.6 Å². The minimum absolute atomic E-state index is 0.0296. The summed E-state index contributed by atoms with van der Waals surface area (Å²) in [5, 5.41) is 3.10. The smallest absolute Gasteiger partial charge is 0.130 e. The highest BCUT2D eigenvalue weighted by atomic mass is 35.5. The fraction of sp³-hybridized carbons (Fsp3) is 0.250. The van der Waals surface area contributed by atoms with Gasteiger partial charge in [-0.1, -0.05) is 36.4 Å². The second-order valence-electron chi connectivity index (χ2n) is 4.62. The van der Waals surface area contributed by atoms with E-state index in [1.165, 1.54) is 18.2 Å². The van der Waals surface area contributed by atoms with Gasteiger partial charge >= 0.3 is 0 Å². The molecule has 0 spiro atoms. The molecule has 2 aromatic rings. The molecule has 2 aromatic carbocycles. The van der Waals surface area contributed by atoms with Crippen LogP contribution in [0.3, 0.4) is 0 Å². The third kappa shape index (κ3) is 4.02. The van der Waals surface area contributed by atoms with Crippen LogP contribution in [0.25, 0.3) is 0 Å². The fourth-order valence-electron chi connectivity index (χ4n) is 2.03. The minimum atomic E-state index is -0.537. The van der Waals surface area contributed by atoms with Gasteiger partial charge in [-0.2, -0.15) is 0 Å². The van der Waals surface area contributed by atoms with E-state index in [1.807, 2.05) is 30.3 Å². The highest BCUT2D eigenvalue weighted by molar-refractivity contribution is 6.18. The molecule has 0 fully saturated rings. The van der Waals surface area contributed by atoms with Gasteiger partial charge in [0, 0.05) is 24.0 Å². The topological polar surface area (TPSA) is 12.0 Å². The molecule has 4 heteroatoms. The lowest BCUT2D eigenvalue weighted by Gasteiger charge is -2.16. The number of nitrogens with one attached hydrogen (secondary N) is 1. The van der Waals surface area contributed by atoms with Gasteiger partial charge in [-0.3, -0.25) is 0 Å². The van der Waals surface area contributed by atoms with E-state index in [4.69, 9.17) is 11.6 Å². The number of halogens is 3. The molecule has 0 heterocycles. The molecule has 2 rings (SSSR count). The van der Waals surface area contributed by atoms with Crippen LogP contribution in [0.4, 0.5) is 8.78 Å². The molecule has 0 radical (unpaired) electrons. The van der Waals surface area contributed by atoms with Gasteiger partial charge < -0.3 is 5.32 Å². The summed E-state index contributed by atoms with van der Waals surface area (Å²) in [5.41, 5.74) is 1.19. The number of rotatable bonds is 6. The summed E-state index contributed by atoms with van der Waals surface area (Å²) >= 11 is 5.91. The maximum Gasteiger partial charge on any atom is 0.130 e. The van der Waals surface area contributed by atoms with E-state index in [9.17, 15) is 8.78 Å². The van der Waals surface area contributed by atoms with E-state index in [-0.39, 0.29) is 18.2 Å². The Morgan fingerprint density at radius 3 is 2.20 bits per heavy atom. The predicted octanol–water partition coefficient (Wildman–Crippen LogP) is 3.90. The van der Waals surface area contributed by atoms with Crippen molar-refractivity contribution in [2.24, 2.45) is 0 Å². The van der Waals surface area contributed by atoms with E-state index in [0.717, 1.165) is 12.0 Å². The van der Waals surface area contributed by atoms with Crippen LogP contribution in [0.5, 0.6) is 0 Å². The lowest BCUT2D eigenvalue weighted by molar-refractivity contribution is 0.500. The molecule has 1 atom stereocenters. The summed E-state index contributed by atoms with van der Waals surface area (Å²) in [5.74, 6) is -0.693. The Kier molecular flexibility index (Phi) is 5.50. The second kappa shape index (κ2) is 7.36. The molecule has 0 bridgehead atoms. The standard InChI is InChI=1S/C16H16ClF2N/c17-10-13(9-12-5-2-1-3-6-12)20-11-14-15(18)7-4-8-16(14)19/h1-8,13,20H,9-11H2. The van der Waals surface area contributed by atoms with Crippen molar-refractivity contribution in [3.05, 3.63) is 71.3 Å². The summed E-state index contributed by atoms with van der Waals surface area (Å²) < 4.78 is 27.0. The van der Waals surface area contributed by atoms with Crippen LogP contribution in [0, 0.1) is 11.6 Å². The van der Waals surface area contributed by atoms with Crippen LogP contribution >= 0.6 is 11.6 Å². The Morgan fingerprint density at radius 2 is 1.60 bits per heavy atom. The Bertz CT molecular complexity index is 525. The van der Waals surface area contributed by atoms with Gasteiger partial charge in [-0.15, -0.1) is 11.6 Å². The molecule has 1 N–H and O–H groups in total. The predicted molar refractivity (Wildman–Crippen MR) is 77.9 cm³/mol. The van der Waals surface area contributed by atoms with Crippen molar-refractivity contribution in [2.45, 2.75) is 19.0 Å². The largest absolute Gasteiger partial charge is 0.308 e. The molecule has 0 amide bonds. The van der Waals surface area contributed by atoms with E-state index in [0.29, 0.717) is 5.88 Å². The third-order valence-corrected chi connectivity index (χ3v) is 3.51. The van der Waals surface area contributed by atoms with Gasteiger partial charge in [0.25, 0.3) is 0 Å². The van der Waals surface area contributed by atoms with Gasteiger partial charge in [0.2, 0.25) is 0 Å². The number of hydrogen-bond donors (Lipinski definition) is 1. The van der Waals surface area contributed by atoms with Crippen molar-refractivity contribution < 1.29 is 8.78 Å². The summed E-state index contributed by atoms with van der Waals surface area (Å²) in [6.07, 6.45) is 0.723. The highest BCUT2D eigenvalue weighted by Crippen LogP contribution is 2.12. The SMILES string of the molecule is Fc1cccc(F)c1CNC(CCl)Cc1ccccc1. The zero-order chi connectivity index (χ0) is 14.4. The van der Waals surface area contributed by atoms with Crippen LogP contribution in [-0.4, -0.2) is 11.9 Å². The molecule has 0 saturated carbocycles. The third-order valence-electron chi connectivity index (χ3n) is 3.14. The molecule has 1 unspecified atom stereocenters. The first-order valence-corrected chi connectivity index (χ1v) is 7.00. The zero-order valence-electron chi connectivity index (χ0n) is 11.0. The second-order valence-corrected chi connectivity index (χ2v) is 4.93. The van der Waals surface area contributed by atoms with Gasteiger partial charge in [-0.25, -0.2) is 8.78 Å². The maximum absolute atomic E-state index is 13.5. The van der Waals surface area contributed by atoms with Gasteiger partial charge in [0.15, 0.2) is 0 Å². The summed E-state index contributed by atoms with van der Waals surface area (Å²) in [6.45, 7) is 0.128. The van der Waals surface area contributed by atoms with Crippen molar-refractivity contribution in [3.8, 4) is 0 Å². The van der Waals surface area contributed by atoms with E-state index in [1.54, 1.807) is 0 Å². The quantitative estimate of drug-likeness (QED) is 0.797. The monoisotopic (exact) mass is 295 g/mol. The maximum atomic E-state index is 13.5. The van der Waals surface area contributed by atoms with E-state index >= 15 is 0 Å². The molecule has 0 aliphatic carbocycles. The molecule has 0 aromatic heterocycles. The number of alkyl halides is 1. The Morgan fingerprint density at radius 1 is 0.950 bits per heavy atom. The fourth-order valence-corrected chi connectivity index (χ4v) is 2.25. The van der Waals surface area contributed by atoms with Crippen molar-refractivity contribution in [1.29, 1.82) is 0 Å². The van der Waals surface area contributed by atoms with Crippen LogP contribution in [0.1, 0.15) is 11.1 Å². The van der Waals surface area contributed by atoms with Crippen molar-refractivity contribution in [2.75, 3.05) is 5.88 Å². The van der Waals surface area contributed by atoms with E-state index in [2.05, 4.69) is 5.32 Å². The van der Waals surface area contributed by atoms with Crippen molar-refractivity contribution >= 4 is 11.6 Å². The first kappa shape index (κ1) is 14.9. The molecule has 1 nitrogen and oxygen atoms in total. The van der Waals surface area contributed by atoms with Crippen molar-refractivity contribution in [3.63, 3.8) is 0 Å². The molecule has 0 saturated heterocycles. The average Bonchev–Trinajstić information content (AvgIpc) is 2.46. The molecular formula is C16H16ClF2N. The average molecular weight is 296 g/mol. The summed E-state index contributed by atoms with van der Waals surface area (Å²) in [7, 11) is 0. The number of benzene rings is 2. The Labute approximate surface area is 122 Å². The zero-order valence-corrected chi connectivity index (χ0v) is 11.7. The van der Waals surface area contributed by atoms with Crippen molar-refractivity contribution in [1.82, 2.24) is 5.32 Å². The molecule has 20 heavy (non-hydrogen) atoms. The number of hydrogen-bond acceptors (Lipinski definition) is 1.